The van der Waals surface area contributed by atoms with Crippen molar-refractivity contribution in [3.05, 3.63) is 29.8 Å². The summed E-state index contributed by atoms with van der Waals surface area (Å²) in [6.07, 6.45) is 2.62. The summed E-state index contributed by atoms with van der Waals surface area (Å²) in [5.41, 5.74) is 1.35. The van der Waals surface area contributed by atoms with Gasteiger partial charge in [-0.1, -0.05) is 12.1 Å². The molecule has 1 aliphatic rings. The average Bonchev–Trinajstić information content (AvgIpc) is 2.78. The topological polar surface area (TPSA) is 21.3 Å². The Kier molecular flexibility index (Phi) is 4.00. The number of methoxy groups -OCH3 is 1. The zero-order valence-electron chi connectivity index (χ0n) is 10.8. The normalized spacial score (nSPS) is 25.8. The van der Waals surface area contributed by atoms with Crippen molar-refractivity contribution >= 4 is 11.8 Å². The van der Waals surface area contributed by atoms with Crippen molar-refractivity contribution in [1.82, 2.24) is 5.32 Å². The highest BCUT2D eigenvalue weighted by Gasteiger charge is 2.37. The SMILES string of the molecule is CNC(c1ccc(OC)cc1)C1(C)CCCS1. The molecule has 2 atom stereocenters. The summed E-state index contributed by atoms with van der Waals surface area (Å²) in [6.45, 7) is 2.37. The highest BCUT2D eigenvalue weighted by molar-refractivity contribution is 8.00. The van der Waals surface area contributed by atoms with Crippen LogP contribution in [0.2, 0.25) is 0 Å². The lowest BCUT2D eigenvalue weighted by atomic mass is 9.90. The average molecular weight is 251 g/mol. The van der Waals surface area contributed by atoms with Crippen LogP contribution in [0.5, 0.6) is 5.75 Å². The van der Waals surface area contributed by atoms with Gasteiger partial charge in [-0.15, -0.1) is 0 Å². The standard InChI is InChI=1S/C14H21NOS/c1-14(9-4-10-17-14)13(15-2)11-5-7-12(16-3)8-6-11/h5-8,13,15H,4,9-10H2,1-3H3. The van der Waals surface area contributed by atoms with Crippen LogP contribution in [0.25, 0.3) is 0 Å². The van der Waals surface area contributed by atoms with Gasteiger partial charge in [0, 0.05) is 10.8 Å². The minimum absolute atomic E-state index is 0.323. The van der Waals surface area contributed by atoms with Gasteiger partial charge >= 0.3 is 0 Å². The predicted molar refractivity (Wildman–Crippen MR) is 74.9 cm³/mol. The highest BCUT2D eigenvalue weighted by Crippen LogP contribution is 2.46. The molecule has 0 amide bonds. The Morgan fingerprint density at radius 1 is 1.35 bits per heavy atom. The molecule has 3 heteroatoms. The van der Waals surface area contributed by atoms with Crippen LogP contribution in [-0.4, -0.2) is 24.7 Å². The van der Waals surface area contributed by atoms with E-state index in [-0.39, 0.29) is 0 Å². The molecule has 1 aliphatic heterocycles. The van der Waals surface area contributed by atoms with Gasteiger partial charge in [0.15, 0.2) is 0 Å². The third-order valence-electron chi connectivity index (χ3n) is 3.60. The maximum Gasteiger partial charge on any atom is 0.118 e. The van der Waals surface area contributed by atoms with E-state index in [1.54, 1.807) is 7.11 Å². The van der Waals surface area contributed by atoms with Crippen LogP contribution in [-0.2, 0) is 0 Å². The summed E-state index contributed by atoms with van der Waals surface area (Å²) in [7, 11) is 3.76. The molecule has 0 radical (unpaired) electrons. The molecule has 1 aromatic rings. The second-order valence-corrected chi connectivity index (χ2v) is 6.39. The van der Waals surface area contributed by atoms with E-state index < -0.39 is 0 Å². The molecule has 1 N–H and O–H groups in total. The molecule has 2 unspecified atom stereocenters. The number of hydrogen-bond acceptors (Lipinski definition) is 3. The van der Waals surface area contributed by atoms with E-state index in [2.05, 4.69) is 43.2 Å². The van der Waals surface area contributed by atoms with Gasteiger partial charge in [-0.25, -0.2) is 0 Å². The molecule has 0 aromatic heterocycles. The first-order valence-corrected chi connectivity index (χ1v) is 7.13. The van der Waals surface area contributed by atoms with Crippen LogP contribution in [0.3, 0.4) is 0 Å². The molecule has 1 heterocycles. The third-order valence-corrected chi connectivity index (χ3v) is 5.19. The van der Waals surface area contributed by atoms with Crippen molar-refractivity contribution in [2.45, 2.75) is 30.6 Å². The quantitative estimate of drug-likeness (QED) is 0.887. The summed E-state index contributed by atoms with van der Waals surface area (Å²) in [4.78, 5) is 0. The van der Waals surface area contributed by atoms with E-state index in [4.69, 9.17) is 4.74 Å². The Labute approximate surface area is 108 Å². The third kappa shape index (κ3) is 2.61. The van der Waals surface area contributed by atoms with Crippen molar-refractivity contribution in [2.24, 2.45) is 0 Å². The molecule has 1 fully saturated rings. The first-order chi connectivity index (χ1) is 8.19. The van der Waals surface area contributed by atoms with E-state index in [0.717, 1.165) is 5.75 Å². The van der Waals surface area contributed by atoms with Crippen LogP contribution in [0.15, 0.2) is 24.3 Å². The van der Waals surface area contributed by atoms with E-state index in [9.17, 15) is 0 Å². The van der Waals surface area contributed by atoms with Gasteiger partial charge in [0.1, 0.15) is 5.75 Å². The zero-order valence-corrected chi connectivity index (χ0v) is 11.6. The fraction of sp³-hybridized carbons (Fsp3) is 0.571. The number of hydrogen-bond donors (Lipinski definition) is 1. The smallest absolute Gasteiger partial charge is 0.118 e. The number of ether oxygens (including phenoxy) is 1. The number of benzene rings is 1. The monoisotopic (exact) mass is 251 g/mol. The van der Waals surface area contributed by atoms with E-state index in [1.165, 1.54) is 24.2 Å². The second kappa shape index (κ2) is 5.32. The Morgan fingerprint density at radius 2 is 2.06 bits per heavy atom. The van der Waals surface area contributed by atoms with Crippen LogP contribution >= 0.6 is 11.8 Å². The van der Waals surface area contributed by atoms with E-state index >= 15 is 0 Å². The highest BCUT2D eigenvalue weighted by atomic mass is 32.2. The maximum atomic E-state index is 5.21. The second-order valence-electron chi connectivity index (χ2n) is 4.76. The first kappa shape index (κ1) is 12.8. The van der Waals surface area contributed by atoms with Gasteiger partial charge in [0.05, 0.1) is 7.11 Å². The fourth-order valence-corrected chi connectivity index (χ4v) is 4.11. The Balaban J connectivity index is 2.22. The summed E-state index contributed by atoms with van der Waals surface area (Å²) in [5.74, 6) is 2.21. The summed E-state index contributed by atoms with van der Waals surface area (Å²) < 4.78 is 5.53. The molecule has 2 rings (SSSR count). The van der Waals surface area contributed by atoms with Crippen molar-refractivity contribution < 1.29 is 4.74 Å². The fourth-order valence-electron chi connectivity index (χ4n) is 2.65. The molecule has 0 aliphatic carbocycles. The van der Waals surface area contributed by atoms with Gasteiger partial charge in [0.25, 0.3) is 0 Å². The molecule has 0 saturated carbocycles. The minimum atomic E-state index is 0.323. The molecule has 1 aromatic carbocycles. The molecular weight excluding hydrogens is 230 g/mol. The van der Waals surface area contributed by atoms with E-state index in [0.29, 0.717) is 10.8 Å². The van der Waals surface area contributed by atoms with Gasteiger partial charge in [0.2, 0.25) is 0 Å². The maximum absolute atomic E-state index is 5.21. The van der Waals surface area contributed by atoms with E-state index in [1.807, 2.05) is 12.1 Å². The summed E-state index contributed by atoms with van der Waals surface area (Å²) >= 11 is 2.09. The molecule has 94 valence electrons. The lowest BCUT2D eigenvalue weighted by Gasteiger charge is -2.33. The Hall–Kier alpha value is -0.670. The van der Waals surface area contributed by atoms with Crippen LogP contribution in [0.4, 0.5) is 0 Å². The molecule has 2 nitrogen and oxygen atoms in total. The summed E-state index contributed by atoms with van der Waals surface area (Å²) in [6, 6.07) is 8.85. The lowest BCUT2D eigenvalue weighted by Crippen LogP contribution is -2.35. The van der Waals surface area contributed by atoms with Crippen molar-refractivity contribution in [1.29, 1.82) is 0 Å². The predicted octanol–water partition coefficient (Wildman–Crippen LogP) is 3.24. The number of rotatable bonds is 4. The molecule has 17 heavy (non-hydrogen) atoms. The van der Waals surface area contributed by atoms with Crippen molar-refractivity contribution in [3.63, 3.8) is 0 Å². The van der Waals surface area contributed by atoms with Gasteiger partial charge in [-0.2, -0.15) is 11.8 Å². The molecule has 1 saturated heterocycles. The molecule has 0 bridgehead atoms. The lowest BCUT2D eigenvalue weighted by molar-refractivity contribution is 0.412. The van der Waals surface area contributed by atoms with Gasteiger partial charge in [-0.3, -0.25) is 0 Å². The minimum Gasteiger partial charge on any atom is -0.497 e. The molecule has 0 spiro atoms. The largest absolute Gasteiger partial charge is 0.497 e. The summed E-state index contributed by atoms with van der Waals surface area (Å²) in [5, 5.41) is 3.48. The zero-order chi connectivity index (χ0) is 12.3. The van der Waals surface area contributed by atoms with Crippen LogP contribution in [0, 0.1) is 0 Å². The molecular formula is C14H21NOS. The first-order valence-electron chi connectivity index (χ1n) is 6.15. The van der Waals surface area contributed by atoms with Crippen molar-refractivity contribution in [2.75, 3.05) is 19.9 Å². The Morgan fingerprint density at radius 3 is 2.53 bits per heavy atom. The number of nitrogens with one attached hydrogen (secondary N) is 1. The van der Waals surface area contributed by atoms with Gasteiger partial charge in [-0.05, 0) is 50.3 Å². The Bertz CT molecular complexity index is 357. The number of thioether (sulfide) groups is 1. The van der Waals surface area contributed by atoms with Crippen LogP contribution in [0.1, 0.15) is 31.4 Å². The van der Waals surface area contributed by atoms with Crippen LogP contribution < -0.4 is 10.1 Å². The van der Waals surface area contributed by atoms with Gasteiger partial charge < -0.3 is 10.1 Å². The van der Waals surface area contributed by atoms with Crippen molar-refractivity contribution in [3.8, 4) is 5.75 Å².